The van der Waals surface area contributed by atoms with Crippen molar-refractivity contribution < 1.29 is 24.2 Å². The third kappa shape index (κ3) is 10.6. The van der Waals surface area contributed by atoms with Crippen molar-refractivity contribution in [3.63, 3.8) is 0 Å². The van der Waals surface area contributed by atoms with Crippen LogP contribution in [0.5, 0.6) is 0 Å². The smallest absolute Gasteiger partial charge is 0.309 e. The number of ether oxygens (including phenoxy) is 2. The first kappa shape index (κ1) is 45.9. The molecule has 5 aromatic rings. The number of carbonyl (C=O) groups is 2. The van der Waals surface area contributed by atoms with Gasteiger partial charge in [0.15, 0.2) is 0 Å². The molecule has 5 nitrogen and oxygen atoms in total. The fourth-order valence-electron chi connectivity index (χ4n) is 5.93. The first-order valence-corrected chi connectivity index (χ1v) is 14.8. The maximum atomic E-state index is 13.5. The summed E-state index contributed by atoms with van der Waals surface area (Å²) in [7, 11) is 0. The summed E-state index contributed by atoms with van der Waals surface area (Å²) >= 11 is 0. The lowest BCUT2D eigenvalue weighted by Crippen LogP contribution is -2.27. The van der Waals surface area contributed by atoms with Gasteiger partial charge < -0.3 is 14.6 Å². The summed E-state index contributed by atoms with van der Waals surface area (Å²) in [5.74, 6) is -1.59. The fraction of sp³-hybridized carbons (Fsp3) is 0.395. The summed E-state index contributed by atoms with van der Waals surface area (Å²) in [6.45, 7) is 3.90. The molecule has 0 spiro atoms. The fourth-order valence-corrected chi connectivity index (χ4v) is 5.93. The summed E-state index contributed by atoms with van der Waals surface area (Å²) in [6, 6.07) is 33.0. The molecule has 3 atom stereocenters. The highest BCUT2D eigenvalue weighted by Gasteiger charge is 2.30. The Balaban J connectivity index is 0. The van der Waals surface area contributed by atoms with Gasteiger partial charge in [0.2, 0.25) is 0 Å². The molecule has 264 valence electrons. The molecule has 5 heteroatoms. The van der Waals surface area contributed by atoms with E-state index in [2.05, 4.69) is 67.6 Å². The number of rotatable bonds is 12. The lowest BCUT2D eigenvalue weighted by atomic mass is 9.83. The Morgan fingerprint density at radius 1 is 0.625 bits per heavy atom. The third-order valence-corrected chi connectivity index (χ3v) is 8.29. The molecule has 0 heterocycles. The molecular weight excluding hydrogens is 596 g/mol. The van der Waals surface area contributed by atoms with Crippen LogP contribution in [-0.2, 0) is 25.7 Å². The predicted octanol–water partition coefficient (Wildman–Crippen LogP) is 11.8. The first-order valence-electron chi connectivity index (χ1n) is 14.8. The van der Waals surface area contributed by atoms with E-state index in [-0.39, 0.29) is 82.2 Å². The van der Waals surface area contributed by atoms with E-state index in [1.54, 1.807) is 0 Å². The zero-order valence-electron chi connectivity index (χ0n) is 24.3. The van der Waals surface area contributed by atoms with Crippen LogP contribution >= 0.6 is 0 Å². The van der Waals surface area contributed by atoms with E-state index in [4.69, 9.17) is 9.47 Å². The molecule has 48 heavy (non-hydrogen) atoms. The standard InChI is InChI=1S/C37H38O5.6CH4/c1-3-26(36(39)42-24-35-33-14-8-6-12-30(33)23-31-13-7-9-15-34(31)35)21-32(37(40)41-19-18-38)20-25(2)28-17-16-27-10-4-5-11-29(27)22-28;;;;;;/h4-17,22-23,25-26,32,38H,3,18-21,24H2,1-2H3;6*1H4. The van der Waals surface area contributed by atoms with Gasteiger partial charge in [0, 0.05) is 5.56 Å². The van der Waals surface area contributed by atoms with Crippen LogP contribution in [0, 0.1) is 11.8 Å². The molecule has 0 saturated carbocycles. The van der Waals surface area contributed by atoms with E-state index in [0.29, 0.717) is 19.3 Å². The Kier molecular flexibility index (Phi) is 20.7. The Morgan fingerprint density at radius 2 is 1.15 bits per heavy atom. The Hall–Kier alpha value is -4.22. The van der Waals surface area contributed by atoms with E-state index >= 15 is 0 Å². The molecule has 5 rings (SSSR count). The minimum atomic E-state index is -0.506. The quantitative estimate of drug-likeness (QED) is 0.107. The minimum absolute atomic E-state index is 0. The van der Waals surface area contributed by atoms with Crippen molar-refractivity contribution in [2.24, 2.45) is 11.8 Å². The van der Waals surface area contributed by atoms with E-state index in [1.165, 1.54) is 5.39 Å². The van der Waals surface area contributed by atoms with Crippen molar-refractivity contribution in [3.05, 3.63) is 108 Å². The number of aliphatic hydroxyl groups is 1. The van der Waals surface area contributed by atoms with E-state index in [1.807, 2.05) is 43.3 Å². The maximum Gasteiger partial charge on any atom is 0.309 e. The van der Waals surface area contributed by atoms with E-state index in [9.17, 15) is 14.7 Å². The van der Waals surface area contributed by atoms with Gasteiger partial charge >= 0.3 is 11.9 Å². The van der Waals surface area contributed by atoms with Gasteiger partial charge in [-0.3, -0.25) is 9.59 Å². The normalized spacial score (nSPS) is 11.9. The van der Waals surface area contributed by atoms with E-state index in [0.717, 1.165) is 38.1 Å². The Labute approximate surface area is 291 Å². The molecule has 0 bridgehead atoms. The van der Waals surface area contributed by atoms with Crippen molar-refractivity contribution in [2.75, 3.05) is 13.2 Å². The van der Waals surface area contributed by atoms with Crippen LogP contribution in [0.4, 0.5) is 0 Å². The second kappa shape index (κ2) is 21.6. The molecule has 5 aromatic carbocycles. The van der Waals surface area contributed by atoms with Gasteiger partial charge in [0.1, 0.15) is 13.2 Å². The van der Waals surface area contributed by atoms with Crippen LogP contribution in [0.3, 0.4) is 0 Å². The van der Waals surface area contributed by atoms with Gasteiger partial charge in [-0.2, -0.15) is 0 Å². The molecule has 3 unspecified atom stereocenters. The zero-order valence-corrected chi connectivity index (χ0v) is 24.3. The van der Waals surface area contributed by atoms with Gasteiger partial charge in [-0.05, 0) is 69.1 Å². The molecular formula is C43H62O5. The molecule has 0 amide bonds. The van der Waals surface area contributed by atoms with Crippen molar-refractivity contribution in [3.8, 4) is 0 Å². The van der Waals surface area contributed by atoms with Crippen LogP contribution in [0.15, 0.2) is 97.1 Å². The number of esters is 2. The lowest BCUT2D eigenvalue weighted by Gasteiger charge is -2.24. The molecule has 0 aliphatic rings. The average molecular weight is 659 g/mol. The maximum absolute atomic E-state index is 13.5. The Morgan fingerprint density at radius 3 is 1.71 bits per heavy atom. The van der Waals surface area contributed by atoms with Crippen molar-refractivity contribution in [1.29, 1.82) is 0 Å². The SMILES string of the molecule is C.C.C.C.C.C.CCC(CC(CC(C)c1ccc2ccccc2c1)C(=O)OCCO)C(=O)OCc1c2ccccc2cc2ccccc12. The average Bonchev–Trinajstić information content (AvgIpc) is 3.03. The monoisotopic (exact) mass is 658 g/mol. The summed E-state index contributed by atoms with van der Waals surface area (Å²) in [6.07, 6.45) is 1.40. The minimum Gasteiger partial charge on any atom is -0.463 e. The zero-order chi connectivity index (χ0) is 29.5. The number of carbonyl (C=O) groups excluding carboxylic acids is 2. The number of hydrogen-bond acceptors (Lipinski definition) is 5. The molecule has 0 saturated heterocycles. The van der Waals surface area contributed by atoms with Gasteiger partial charge in [0.25, 0.3) is 0 Å². The van der Waals surface area contributed by atoms with Crippen LogP contribution in [0.2, 0.25) is 0 Å². The highest BCUT2D eigenvalue weighted by Crippen LogP contribution is 2.33. The molecule has 0 aliphatic heterocycles. The highest BCUT2D eigenvalue weighted by atomic mass is 16.5. The molecule has 0 fully saturated rings. The van der Waals surface area contributed by atoms with Crippen LogP contribution in [0.25, 0.3) is 32.3 Å². The number of benzene rings is 5. The van der Waals surface area contributed by atoms with Gasteiger partial charge in [-0.15, -0.1) is 0 Å². The lowest BCUT2D eigenvalue weighted by molar-refractivity contribution is -0.154. The summed E-state index contributed by atoms with van der Waals surface area (Å²) in [5, 5.41) is 15.9. The van der Waals surface area contributed by atoms with Crippen molar-refractivity contribution in [1.82, 2.24) is 0 Å². The second-order valence-electron chi connectivity index (χ2n) is 11.1. The summed E-state index contributed by atoms with van der Waals surface area (Å²) in [4.78, 5) is 26.6. The predicted molar refractivity (Wildman–Crippen MR) is 209 cm³/mol. The molecule has 0 radical (unpaired) electrons. The number of hydrogen-bond donors (Lipinski definition) is 1. The van der Waals surface area contributed by atoms with Crippen molar-refractivity contribution in [2.45, 2.75) is 90.2 Å². The summed E-state index contributed by atoms with van der Waals surface area (Å²) < 4.78 is 11.3. The number of fused-ring (bicyclic) bond motifs is 3. The van der Waals surface area contributed by atoms with Gasteiger partial charge in [-0.1, -0.05) is 149 Å². The highest BCUT2D eigenvalue weighted by molar-refractivity contribution is 6.02. The van der Waals surface area contributed by atoms with Crippen LogP contribution in [0.1, 0.15) is 94.7 Å². The first-order chi connectivity index (χ1) is 20.5. The topological polar surface area (TPSA) is 72.8 Å². The van der Waals surface area contributed by atoms with Gasteiger partial charge in [-0.25, -0.2) is 0 Å². The Bertz CT molecular complexity index is 1640. The number of aliphatic hydroxyl groups excluding tert-OH is 1. The molecule has 1 N–H and O–H groups in total. The van der Waals surface area contributed by atoms with Crippen molar-refractivity contribution >= 4 is 44.3 Å². The van der Waals surface area contributed by atoms with Gasteiger partial charge in [0.05, 0.1) is 18.4 Å². The summed E-state index contributed by atoms with van der Waals surface area (Å²) in [5.41, 5.74) is 2.11. The molecule has 0 aromatic heterocycles. The molecule has 0 aliphatic carbocycles. The second-order valence-corrected chi connectivity index (χ2v) is 11.1. The van der Waals surface area contributed by atoms with E-state index < -0.39 is 11.8 Å². The van der Waals surface area contributed by atoms with Crippen LogP contribution in [-0.4, -0.2) is 30.3 Å². The third-order valence-electron chi connectivity index (χ3n) is 8.29. The largest absolute Gasteiger partial charge is 0.463 e. The van der Waals surface area contributed by atoms with Crippen LogP contribution < -0.4 is 0 Å².